The molecule has 0 saturated heterocycles. The molecule has 3 rings (SSSR count). The van der Waals surface area contributed by atoms with E-state index in [9.17, 15) is 14.7 Å². The van der Waals surface area contributed by atoms with E-state index in [-0.39, 0.29) is 18.2 Å². The Morgan fingerprint density at radius 2 is 2.04 bits per heavy atom. The van der Waals surface area contributed by atoms with Crippen LogP contribution in [-0.4, -0.2) is 27.5 Å². The Balaban J connectivity index is 1.67. The SMILES string of the molecule is CC(NC(=O)Cc1coc(-c2ccc(Cl)cc2)n1)(C(=O)O)C1CC1. The quantitative estimate of drug-likeness (QED) is 0.837. The summed E-state index contributed by atoms with van der Waals surface area (Å²) < 4.78 is 5.38. The molecular formula is C17H17ClN2O4. The summed E-state index contributed by atoms with van der Waals surface area (Å²) >= 11 is 5.84. The van der Waals surface area contributed by atoms with E-state index in [0.717, 1.165) is 18.4 Å². The van der Waals surface area contributed by atoms with Gasteiger partial charge in [-0.3, -0.25) is 4.79 Å². The van der Waals surface area contributed by atoms with Gasteiger partial charge in [0.2, 0.25) is 11.8 Å². The van der Waals surface area contributed by atoms with Crippen molar-refractivity contribution in [2.75, 3.05) is 0 Å². The van der Waals surface area contributed by atoms with Crippen molar-refractivity contribution in [1.82, 2.24) is 10.3 Å². The number of hydrogen-bond acceptors (Lipinski definition) is 4. The fourth-order valence-electron chi connectivity index (χ4n) is 2.60. The summed E-state index contributed by atoms with van der Waals surface area (Å²) in [6, 6.07) is 6.99. The summed E-state index contributed by atoms with van der Waals surface area (Å²) in [5, 5.41) is 12.6. The number of nitrogens with zero attached hydrogens (tertiary/aromatic N) is 1. The summed E-state index contributed by atoms with van der Waals surface area (Å²) in [6.07, 6.45) is 2.99. The van der Waals surface area contributed by atoms with Crippen LogP contribution in [0.15, 0.2) is 34.9 Å². The van der Waals surface area contributed by atoms with E-state index in [4.69, 9.17) is 16.0 Å². The summed E-state index contributed by atoms with van der Waals surface area (Å²) in [7, 11) is 0. The zero-order valence-corrected chi connectivity index (χ0v) is 13.8. The molecule has 1 atom stereocenters. The van der Waals surface area contributed by atoms with Crippen LogP contribution in [0.2, 0.25) is 5.02 Å². The monoisotopic (exact) mass is 348 g/mol. The van der Waals surface area contributed by atoms with Gasteiger partial charge >= 0.3 is 5.97 Å². The van der Waals surface area contributed by atoms with Crippen LogP contribution in [0.1, 0.15) is 25.5 Å². The van der Waals surface area contributed by atoms with Gasteiger partial charge in [-0.15, -0.1) is 0 Å². The molecule has 0 radical (unpaired) electrons. The molecule has 0 aliphatic heterocycles. The Bertz CT molecular complexity index is 767. The highest BCUT2D eigenvalue weighted by atomic mass is 35.5. The number of carboxylic acids is 1. The number of hydrogen-bond donors (Lipinski definition) is 2. The Kier molecular flexibility index (Phi) is 4.32. The summed E-state index contributed by atoms with van der Waals surface area (Å²) in [4.78, 5) is 27.9. The highest BCUT2D eigenvalue weighted by molar-refractivity contribution is 6.30. The van der Waals surface area contributed by atoms with Gasteiger partial charge in [-0.25, -0.2) is 9.78 Å². The van der Waals surface area contributed by atoms with Crippen molar-refractivity contribution in [1.29, 1.82) is 0 Å². The van der Waals surface area contributed by atoms with Crippen LogP contribution in [0.4, 0.5) is 0 Å². The van der Waals surface area contributed by atoms with Crippen molar-refractivity contribution in [2.24, 2.45) is 5.92 Å². The van der Waals surface area contributed by atoms with Crippen molar-refractivity contribution in [3.63, 3.8) is 0 Å². The van der Waals surface area contributed by atoms with Crippen molar-refractivity contribution in [2.45, 2.75) is 31.7 Å². The van der Waals surface area contributed by atoms with Crippen LogP contribution in [-0.2, 0) is 16.0 Å². The Labute approximate surface area is 143 Å². The van der Waals surface area contributed by atoms with E-state index in [0.29, 0.717) is 16.6 Å². The van der Waals surface area contributed by atoms with E-state index in [1.807, 2.05) is 0 Å². The van der Waals surface area contributed by atoms with E-state index < -0.39 is 11.5 Å². The Morgan fingerprint density at radius 3 is 2.62 bits per heavy atom. The second-order valence-corrected chi connectivity index (χ2v) is 6.59. The fourth-order valence-corrected chi connectivity index (χ4v) is 2.73. The van der Waals surface area contributed by atoms with E-state index in [2.05, 4.69) is 10.3 Å². The molecule has 1 aliphatic carbocycles. The molecule has 1 aliphatic rings. The molecule has 1 aromatic carbocycles. The lowest BCUT2D eigenvalue weighted by atomic mass is 9.95. The average molecular weight is 349 g/mol. The molecular weight excluding hydrogens is 332 g/mol. The first-order chi connectivity index (χ1) is 11.4. The number of nitrogens with one attached hydrogen (secondary N) is 1. The molecule has 1 fully saturated rings. The first-order valence-electron chi connectivity index (χ1n) is 7.63. The molecule has 1 saturated carbocycles. The topological polar surface area (TPSA) is 92.4 Å². The number of amides is 1. The van der Waals surface area contributed by atoms with Crippen LogP contribution in [0.25, 0.3) is 11.5 Å². The molecule has 0 bridgehead atoms. The van der Waals surface area contributed by atoms with Crippen molar-refractivity contribution < 1.29 is 19.1 Å². The zero-order valence-electron chi connectivity index (χ0n) is 13.1. The molecule has 1 amide bonds. The van der Waals surface area contributed by atoms with Crippen molar-refractivity contribution >= 4 is 23.5 Å². The van der Waals surface area contributed by atoms with Gasteiger partial charge in [0.05, 0.1) is 12.1 Å². The Hall–Kier alpha value is -2.34. The Morgan fingerprint density at radius 1 is 1.38 bits per heavy atom. The highest BCUT2D eigenvalue weighted by Gasteiger charge is 2.48. The minimum absolute atomic E-state index is 0.0131. The molecule has 1 aromatic heterocycles. The van der Waals surface area contributed by atoms with Gasteiger partial charge in [-0.05, 0) is 49.9 Å². The summed E-state index contributed by atoms with van der Waals surface area (Å²) in [6.45, 7) is 1.55. The van der Waals surface area contributed by atoms with Gasteiger partial charge in [0.25, 0.3) is 0 Å². The van der Waals surface area contributed by atoms with Crippen molar-refractivity contribution in [3.8, 4) is 11.5 Å². The second-order valence-electron chi connectivity index (χ2n) is 6.16. The number of aliphatic carboxylic acids is 1. The fraction of sp³-hybridized carbons (Fsp3) is 0.353. The van der Waals surface area contributed by atoms with Gasteiger partial charge in [-0.1, -0.05) is 11.6 Å². The largest absolute Gasteiger partial charge is 0.480 e. The number of oxazole rings is 1. The van der Waals surface area contributed by atoms with Gasteiger partial charge < -0.3 is 14.8 Å². The van der Waals surface area contributed by atoms with Crippen LogP contribution < -0.4 is 5.32 Å². The maximum Gasteiger partial charge on any atom is 0.329 e. The maximum absolute atomic E-state index is 12.2. The minimum atomic E-state index is -1.22. The second kappa shape index (κ2) is 6.28. The number of carbonyl (C=O) groups is 2. The molecule has 0 spiro atoms. The van der Waals surface area contributed by atoms with Crippen molar-refractivity contribution in [3.05, 3.63) is 41.2 Å². The van der Waals surface area contributed by atoms with Crippen LogP contribution >= 0.6 is 11.6 Å². The molecule has 126 valence electrons. The third kappa shape index (κ3) is 3.43. The van der Waals surface area contributed by atoms with E-state index >= 15 is 0 Å². The molecule has 1 unspecified atom stereocenters. The van der Waals surface area contributed by atoms with E-state index in [1.165, 1.54) is 6.26 Å². The summed E-state index contributed by atoms with van der Waals surface area (Å²) in [5.74, 6) is -1.03. The summed E-state index contributed by atoms with van der Waals surface area (Å²) in [5.41, 5.74) is -0.0276. The smallest absolute Gasteiger partial charge is 0.329 e. The number of halogens is 1. The predicted molar refractivity (Wildman–Crippen MR) is 87.6 cm³/mol. The number of carboxylic acid groups (broad SMARTS) is 1. The number of benzene rings is 1. The molecule has 6 nitrogen and oxygen atoms in total. The predicted octanol–water partition coefficient (Wildman–Crippen LogP) is 2.91. The first-order valence-corrected chi connectivity index (χ1v) is 8.01. The average Bonchev–Trinajstić information content (AvgIpc) is 3.29. The lowest BCUT2D eigenvalue weighted by Gasteiger charge is -2.25. The highest BCUT2D eigenvalue weighted by Crippen LogP contribution is 2.39. The minimum Gasteiger partial charge on any atom is -0.480 e. The molecule has 7 heteroatoms. The maximum atomic E-state index is 12.2. The van der Waals surface area contributed by atoms with Gasteiger partial charge in [0, 0.05) is 10.6 Å². The third-order valence-corrected chi connectivity index (χ3v) is 4.47. The number of carbonyl (C=O) groups excluding carboxylic acids is 1. The molecule has 2 N–H and O–H groups in total. The molecule has 1 heterocycles. The normalized spacial score (nSPS) is 16.4. The van der Waals surface area contributed by atoms with Gasteiger partial charge in [0.1, 0.15) is 11.8 Å². The van der Waals surface area contributed by atoms with Crippen LogP contribution in [0, 0.1) is 5.92 Å². The van der Waals surface area contributed by atoms with Crippen LogP contribution in [0.3, 0.4) is 0 Å². The third-order valence-electron chi connectivity index (χ3n) is 4.22. The van der Waals surface area contributed by atoms with Gasteiger partial charge in [0.15, 0.2) is 0 Å². The molecule has 24 heavy (non-hydrogen) atoms. The standard InChI is InChI=1S/C17H17ClN2O4/c1-17(16(22)23,11-4-5-11)20-14(21)8-13-9-24-15(19-13)10-2-6-12(18)7-3-10/h2-3,6-7,9,11H,4-5,8H2,1H3,(H,20,21)(H,22,23). The lowest BCUT2D eigenvalue weighted by molar-refractivity contribution is -0.147. The molecule has 2 aromatic rings. The van der Waals surface area contributed by atoms with E-state index in [1.54, 1.807) is 31.2 Å². The zero-order chi connectivity index (χ0) is 17.3. The number of aromatic nitrogens is 1. The first kappa shape index (κ1) is 16.5. The van der Waals surface area contributed by atoms with Gasteiger partial charge in [-0.2, -0.15) is 0 Å². The van der Waals surface area contributed by atoms with Crippen LogP contribution in [0.5, 0.6) is 0 Å². The number of rotatable bonds is 6. The lowest BCUT2D eigenvalue weighted by Crippen LogP contribution is -2.54.